The molecule has 0 saturated carbocycles. The molecule has 0 aliphatic rings. The average molecular weight is 140 g/mol. The van der Waals surface area contributed by atoms with Gasteiger partial charge in [0.2, 0.25) is 0 Å². The van der Waals surface area contributed by atoms with E-state index in [2.05, 4.69) is 10.8 Å². The van der Waals surface area contributed by atoms with Gasteiger partial charge in [-0.3, -0.25) is 0 Å². The van der Waals surface area contributed by atoms with Crippen molar-refractivity contribution >= 4 is 0 Å². The van der Waals surface area contributed by atoms with E-state index in [-0.39, 0.29) is 0 Å². The van der Waals surface area contributed by atoms with E-state index in [4.69, 9.17) is 0 Å². The molecular formula is C2H6MoN. The van der Waals surface area contributed by atoms with E-state index < -0.39 is 0 Å². The van der Waals surface area contributed by atoms with Gasteiger partial charge in [0.15, 0.2) is 0 Å². The number of rotatable bonds is 1. The standard InChI is InChI=1S/C2H6N.Mo/c1-2-3;/h3H,2H2,1H3;/q-1;+1. The molecule has 0 aromatic rings. The van der Waals surface area contributed by atoms with Crippen LogP contribution in [-0.4, -0.2) is 6.54 Å². The van der Waals surface area contributed by atoms with E-state index in [0.29, 0.717) is 0 Å². The molecule has 0 radical (unpaired) electrons. The third kappa shape index (κ3) is 2.65. The van der Waals surface area contributed by atoms with Gasteiger partial charge in [0, 0.05) is 0 Å². The molecule has 2 heteroatoms. The monoisotopic (exact) mass is 142 g/mol. The summed E-state index contributed by atoms with van der Waals surface area (Å²) >= 11 is 1.87. The zero-order valence-electron chi connectivity index (χ0n) is 2.62. The van der Waals surface area contributed by atoms with Gasteiger partial charge in [-0.15, -0.1) is 0 Å². The molecule has 0 rings (SSSR count). The van der Waals surface area contributed by atoms with Gasteiger partial charge in [-0.05, 0) is 0 Å². The van der Waals surface area contributed by atoms with Crippen molar-refractivity contribution in [1.82, 2.24) is 3.88 Å². The summed E-state index contributed by atoms with van der Waals surface area (Å²) in [6, 6.07) is 0. The van der Waals surface area contributed by atoms with Crippen molar-refractivity contribution in [2.75, 3.05) is 6.54 Å². The van der Waals surface area contributed by atoms with Gasteiger partial charge in [-0.25, -0.2) is 0 Å². The quantitative estimate of drug-likeness (QED) is 0.507. The van der Waals surface area contributed by atoms with Crippen LogP contribution in [0.3, 0.4) is 0 Å². The van der Waals surface area contributed by atoms with Crippen LogP contribution in [0.25, 0.3) is 0 Å². The third-order valence-corrected chi connectivity index (χ3v) is 0.854. The van der Waals surface area contributed by atoms with Crippen molar-refractivity contribution < 1.29 is 20.1 Å². The maximum absolute atomic E-state index is 2.94. The van der Waals surface area contributed by atoms with E-state index in [1.165, 1.54) is 0 Å². The summed E-state index contributed by atoms with van der Waals surface area (Å²) in [6.07, 6.45) is 0. The molecule has 0 aromatic heterocycles. The Morgan fingerprint density at radius 2 is 2.25 bits per heavy atom. The fourth-order valence-corrected chi connectivity index (χ4v) is 0. The Bertz CT molecular complexity index is 8.00. The Balaban J connectivity index is 1.97. The average Bonchev–Trinajstić information content (AvgIpc) is 1.37. The van der Waals surface area contributed by atoms with Crippen LogP contribution in [0.5, 0.6) is 0 Å². The minimum atomic E-state index is 1.07. The molecule has 0 fully saturated rings. The minimum absolute atomic E-state index is 1.07. The first kappa shape index (κ1) is 4.65. The Labute approximate surface area is 38.0 Å². The van der Waals surface area contributed by atoms with Crippen molar-refractivity contribution in [3.63, 3.8) is 0 Å². The fraction of sp³-hybridized carbons (Fsp3) is 1.00. The summed E-state index contributed by atoms with van der Waals surface area (Å²) in [5.74, 6) is 0. The molecule has 1 N–H and O–H groups in total. The zero-order valence-corrected chi connectivity index (χ0v) is 4.62. The summed E-state index contributed by atoms with van der Waals surface area (Å²) in [5.41, 5.74) is 0. The van der Waals surface area contributed by atoms with Gasteiger partial charge in [0.25, 0.3) is 0 Å². The first-order valence-corrected chi connectivity index (χ1v) is 2.27. The molecule has 0 unspecified atom stereocenters. The summed E-state index contributed by atoms with van der Waals surface area (Å²) in [5, 5.41) is 0. The van der Waals surface area contributed by atoms with Gasteiger partial charge < -0.3 is 0 Å². The molecular weight excluding hydrogens is 134 g/mol. The second-order valence-electron chi connectivity index (χ2n) is 0.498. The molecule has 0 aromatic carbocycles. The summed E-state index contributed by atoms with van der Waals surface area (Å²) in [4.78, 5) is 0. The summed E-state index contributed by atoms with van der Waals surface area (Å²) < 4.78 is 2.94. The predicted molar refractivity (Wildman–Crippen MR) is 13.7 cm³/mol. The van der Waals surface area contributed by atoms with Crippen molar-refractivity contribution in [2.24, 2.45) is 0 Å². The summed E-state index contributed by atoms with van der Waals surface area (Å²) in [7, 11) is 0. The third-order valence-electron chi connectivity index (χ3n) is 0.144. The Morgan fingerprint density at radius 1 is 2.00 bits per heavy atom. The first-order chi connectivity index (χ1) is 1.91. The van der Waals surface area contributed by atoms with E-state index in [0.717, 1.165) is 6.54 Å². The van der Waals surface area contributed by atoms with Crippen LogP contribution in [0, 0.1) is 0 Å². The first-order valence-electron chi connectivity index (χ1n) is 1.26. The molecule has 0 spiro atoms. The predicted octanol–water partition coefficient (Wildman–Crippen LogP) is 0.0577. The molecule has 25 valence electrons. The second-order valence-corrected chi connectivity index (χ2v) is 1.21. The normalized spacial score (nSPS) is 7.25. The van der Waals surface area contributed by atoms with E-state index in [9.17, 15) is 0 Å². The number of nitrogens with one attached hydrogen (secondary N) is 1. The molecule has 0 aliphatic carbocycles. The van der Waals surface area contributed by atoms with Crippen molar-refractivity contribution in [3.8, 4) is 0 Å². The van der Waals surface area contributed by atoms with Crippen LogP contribution >= 0.6 is 0 Å². The Hall–Kier alpha value is 0.648. The second kappa shape index (κ2) is 3.65. The Kier molecular flexibility index (Phi) is 4.24. The van der Waals surface area contributed by atoms with Crippen molar-refractivity contribution in [2.45, 2.75) is 6.92 Å². The van der Waals surface area contributed by atoms with Gasteiger partial charge in [-0.2, -0.15) is 0 Å². The molecule has 0 heterocycles. The SMILES string of the molecule is CC[NH][Mo]. The molecule has 0 bridgehead atoms. The fourth-order valence-electron chi connectivity index (χ4n) is 0. The van der Waals surface area contributed by atoms with E-state index >= 15 is 0 Å². The van der Waals surface area contributed by atoms with Crippen LogP contribution in [0.2, 0.25) is 0 Å². The molecule has 0 amide bonds. The van der Waals surface area contributed by atoms with Gasteiger partial charge in [0.1, 0.15) is 0 Å². The van der Waals surface area contributed by atoms with Crippen LogP contribution in [0.1, 0.15) is 6.92 Å². The van der Waals surface area contributed by atoms with E-state index in [1.54, 1.807) is 0 Å². The van der Waals surface area contributed by atoms with Crippen LogP contribution in [0.4, 0.5) is 0 Å². The van der Waals surface area contributed by atoms with Crippen molar-refractivity contribution in [3.05, 3.63) is 0 Å². The van der Waals surface area contributed by atoms with Crippen LogP contribution in [-0.2, 0) is 20.1 Å². The number of hydrogen-bond donors (Lipinski definition) is 1. The number of hydrogen-bond acceptors (Lipinski definition) is 1. The maximum atomic E-state index is 2.94. The molecule has 0 atom stereocenters. The molecule has 4 heavy (non-hydrogen) atoms. The zero-order chi connectivity index (χ0) is 3.41. The van der Waals surface area contributed by atoms with Crippen LogP contribution < -0.4 is 3.88 Å². The summed E-state index contributed by atoms with van der Waals surface area (Å²) in [6.45, 7) is 3.15. The van der Waals surface area contributed by atoms with Gasteiger partial charge in [0.05, 0.1) is 0 Å². The topological polar surface area (TPSA) is 12.0 Å². The van der Waals surface area contributed by atoms with Gasteiger partial charge in [-0.1, -0.05) is 0 Å². The van der Waals surface area contributed by atoms with Gasteiger partial charge >= 0.3 is 37.4 Å². The van der Waals surface area contributed by atoms with Crippen molar-refractivity contribution in [1.29, 1.82) is 0 Å². The van der Waals surface area contributed by atoms with E-state index in [1.807, 2.05) is 20.1 Å². The molecule has 0 aliphatic heterocycles. The Morgan fingerprint density at radius 3 is 2.25 bits per heavy atom. The molecule has 0 saturated heterocycles. The van der Waals surface area contributed by atoms with Crippen LogP contribution in [0.15, 0.2) is 0 Å². The molecule has 1 nitrogen and oxygen atoms in total.